The van der Waals surface area contributed by atoms with Crippen molar-refractivity contribution in [3.63, 3.8) is 0 Å². The van der Waals surface area contributed by atoms with Gasteiger partial charge in [0.2, 0.25) is 5.91 Å². The summed E-state index contributed by atoms with van der Waals surface area (Å²) >= 11 is 1.27. The highest BCUT2D eigenvalue weighted by atomic mass is 32.2. The monoisotopic (exact) mass is 513 g/mol. The van der Waals surface area contributed by atoms with Crippen LogP contribution in [0.4, 0.5) is 17.1 Å². The molecule has 4 aromatic rings. The number of aryl methyl sites for hydroxylation is 1. The first-order valence-electron chi connectivity index (χ1n) is 11.7. The van der Waals surface area contributed by atoms with Crippen LogP contribution in [-0.4, -0.2) is 32.3 Å². The molecule has 1 aromatic heterocycles. The molecule has 10 heteroatoms. The standard InChI is InChI=1S/C27H27N7O2S/c1-18-8-7-9-20(16-18)26(36)28-19(2)25-32-33-27(34(25)3)37-17-24(35)29-21-12-14-23(15-13-21)31-30-22-10-5-4-6-11-22/h4-16,19H,17H2,1-3H3,(H,28,36)(H,29,35)/t19-/m1/s1. The van der Waals surface area contributed by atoms with Gasteiger partial charge in [-0.2, -0.15) is 10.2 Å². The summed E-state index contributed by atoms with van der Waals surface area (Å²) in [7, 11) is 1.81. The lowest BCUT2D eigenvalue weighted by Gasteiger charge is -2.14. The van der Waals surface area contributed by atoms with Gasteiger partial charge in [0.05, 0.1) is 23.2 Å². The molecule has 1 atom stereocenters. The van der Waals surface area contributed by atoms with Crippen molar-refractivity contribution in [1.29, 1.82) is 0 Å². The molecular formula is C27H27N7O2S. The zero-order valence-electron chi connectivity index (χ0n) is 20.8. The summed E-state index contributed by atoms with van der Waals surface area (Å²) < 4.78 is 1.78. The van der Waals surface area contributed by atoms with E-state index in [4.69, 9.17) is 0 Å². The van der Waals surface area contributed by atoms with E-state index in [9.17, 15) is 9.59 Å². The molecule has 4 rings (SSSR count). The van der Waals surface area contributed by atoms with Crippen LogP contribution in [0.3, 0.4) is 0 Å². The first-order valence-corrected chi connectivity index (χ1v) is 12.6. The Morgan fingerprint density at radius 2 is 1.65 bits per heavy atom. The maximum absolute atomic E-state index is 12.6. The number of nitrogens with one attached hydrogen (secondary N) is 2. The van der Waals surface area contributed by atoms with E-state index < -0.39 is 0 Å². The molecular weight excluding hydrogens is 486 g/mol. The highest BCUT2D eigenvalue weighted by Gasteiger charge is 2.19. The minimum absolute atomic E-state index is 0.158. The molecule has 0 spiro atoms. The molecule has 2 amide bonds. The van der Waals surface area contributed by atoms with Crippen molar-refractivity contribution < 1.29 is 9.59 Å². The van der Waals surface area contributed by atoms with Crippen molar-refractivity contribution in [2.24, 2.45) is 17.3 Å². The summed E-state index contributed by atoms with van der Waals surface area (Å²) in [5, 5.41) is 23.2. The Morgan fingerprint density at radius 3 is 2.35 bits per heavy atom. The molecule has 2 N–H and O–H groups in total. The highest BCUT2D eigenvalue weighted by Crippen LogP contribution is 2.22. The molecule has 0 bridgehead atoms. The van der Waals surface area contributed by atoms with Gasteiger partial charge in [-0.1, -0.05) is 47.7 Å². The number of rotatable bonds is 9. The number of benzene rings is 3. The lowest BCUT2D eigenvalue weighted by molar-refractivity contribution is -0.113. The highest BCUT2D eigenvalue weighted by molar-refractivity contribution is 7.99. The third-order valence-electron chi connectivity index (χ3n) is 5.40. The maximum Gasteiger partial charge on any atom is 0.251 e. The van der Waals surface area contributed by atoms with Gasteiger partial charge in [0, 0.05) is 18.3 Å². The molecule has 0 aliphatic rings. The maximum atomic E-state index is 12.6. The molecule has 3 aromatic carbocycles. The van der Waals surface area contributed by atoms with Crippen molar-refractivity contribution in [2.75, 3.05) is 11.1 Å². The Hall–Kier alpha value is -4.31. The third-order valence-corrected chi connectivity index (χ3v) is 6.42. The molecule has 0 saturated carbocycles. The second kappa shape index (κ2) is 12.1. The molecule has 0 saturated heterocycles. The number of azo groups is 1. The lowest BCUT2D eigenvalue weighted by Crippen LogP contribution is -2.28. The van der Waals surface area contributed by atoms with E-state index in [0.717, 1.165) is 11.3 Å². The molecule has 37 heavy (non-hydrogen) atoms. The topological polar surface area (TPSA) is 114 Å². The number of amides is 2. The average Bonchev–Trinajstić information content (AvgIpc) is 3.28. The second-order valence-corrected chi connectivity index (χ2v) is 9.33. The number of hydrogen-bond acceptors (Lipinski definition) is 7. The average molecular weight is 514 g/mol. The van der Waals surface area contributed by atoms with Crippen molar-refractivity contribution in [3.05, 3.63) is 95.8 Å². The molecule has 0 aliphatic carbocycles. The van der Waals surface area contributed by atoms with Crippen molar-refractivity contribution >= 4 is 40.6 Å². The zero-order valence-corrected chi connectivity index (χ0v) is 21.6. The van der Waals surface area contributed by atoms with Gasteiger partial charge in [-0.3, -0.25) is 9.59 Å². The Balaban J connectivity index is 1.28. The first kappa shape index (κ1) is 25.8. The summed E-state index contributed by atoms with van der Waals surface area (Å²) in [5.74, 6) is 0.407. The van der Waals surface area contributed by atoms with Gasteiger partial charge in [-0.15, -0.1) is 10.2 Å². The number of aromatic nitrogens is 3. The molecule has 1 heterocycles. The third kappa shape index (κ3) is 7.11. The largest absolute Gasteiger partial charge is 0.342 e. The van der Waals surface area contributed by atoms with E-state index in [2.05, 4.69) is 31.1 Å². The minimum Gasteiger partial charge on any atom is -0.342 e. The predicted octanol–water partition coefficient (Wildman–Crippen LogP) is 5.76. The lowest BCUT2D eigenvalue weighted by atomic mass is 10.1. The van der Waals surface area contributed by atoms with E-state index in [-0.39, 0.29) is 23.6 Å². The molecule has 0 radical (unpaired) electrons. The van der Waals surface area contributed by atoms with Gasteiger partial charge in [-0.25, -0.2) is 0 Å². The number of nitrogens with zero attached hydrogens (tertiary/aromatic N) is 5. The summed E-state index contributed by atoms with van der Waals surface area (Å²) in [6.45, 7) is 3.79. The number of carbonyl (C=O) groups excluding carboxylic acids is 2. The van der Waals surface area contributed by atoms with Crippen molar-refractivity contribution in [3.8, 4) is 0 Å². The quantitative estimate of drug-likeness (QED) is 0.218. The molecule has 9 nitrogen and oxygen atoms in total. The van der Waals surface area contributed by atoms with Crippen molar-refractivity contribution in [2.45, 2.75) is 25.0 Å². The summed E-state index contributed by atoms with van der Waals surface area (Å²) in [5.41, 5.74) is 3.72. The predicted molar refractivity (Wildman–Crippen MR) is 144 cm³/mol. The Morgan fingerprint density at radius 1 is 0.946 bits per heavy atom. The van der Waals surface area contributed by atoms with Crippen LogP contribution in [0.15, 0.2) is 94.2 Å². The van der Waals surface area contributed by atoms with Gasteiger partial charge in [0.15, 0.2) is 11.0 Å². The normalized spacial score (nSPS) is 11.9. The van der Waals surface area contributed by atoms with E-state index in [0.29, 0.717) is 27.9 Å². The summed E-state index contributed by atoms with van der Waals surface area (Å²) in [6.07, 6.45) is 0. The Bertz CT molecular complexity index is 1400. The molecule has 0 unspecified atom stereocenters. The van der Waals surface area contributed by atoms with Crippen LogP contribution in [0.2, 0.25) is 0 Å². The minimum atomic E-state index is -0.355. The summed E-state index contributed by atoms with van der Waals surface area (Å²) in [6, 6.07) is 23.6. The SMILES string of the molecule is Cc1cccc(C(=O)N[C@H](C)c2nnc(SCC(=O)Nc3ccc(N=Nc4ccccc4)cc3)n2C)c1. The van der Waals surface area contributed by atoms with E-state index >= 15 is 0 Å². The van der Waals surface area contributed by atoms with Gasteiger partial charge < -0.3 is 15.2 Å². The van der Waals surface area contributed by atoms with Crippen LogP contribution < -0.4 is 10.6 Å². The second-order valence-electron chi connectivity index (χ2n) is 8.38. The van der Waals surface area contributed by atoms with Crippen LogP contribution in [0.25, 0.3) is 0 Å². The number of thioether (sulfide) groups is 1. The van der Waals surface area contributed by atoms with E-state index in [1.807, 2.05) is 69.4 Å². The Labute approximate surface area is 219 Å². The van der Waals surface area contributed by atoms with Gasteiger partial charge in [-0.05, 0) is 62.4 Å². The fourth-order valence-corrected chi connectivity index (χ4v) is 4.23. The fraction of sp³-hybridized carbons (Fsp3) is 0.185. The van der Waals surface area contributed by atoms with E-state index in [1.165, 1.54) is 11.8 Å². The number of hydrogen-bond donors (Lipinski definition) is 2. The van der Waals surface area contributed by atoms with E-state index in [1.54, 1.807) is 34.9 Å². The van der Waals surface area contributed by atoms with Crippen LogP contribution in [-0.2, 0) is 11.8 Å². The van der Waals surface area contributed by atoms with Crippen LogP contribution in [0, 0.1) is 6.92 Å². The van der Waals surface area contributed by atoms with Crippen LogP contribution in [0.5, 0.6) is 0 Å². The number of carbonyl (C=O) groups is 2. The molecule has 0 aliphatic heterocycles. The van der Waals surface area contributed by atoms with Gasteiger partial charge in [0.25, 0.3) is 5.91 Å². The fourth-order valence-electron chi connectivity index (χ4n) is 3.51. The molecule has 0 fully saturated rings. The first-order chi connectivity index (χ1) is 17.9. The van der Waals surface area contributed by atoms with Gasteiger partial charge in [0.1, 0.15) is 0 Å². The number of anilines is 1. The van der Waals surface area contributed by atoms with Crippen LogP contribution in [0.1, 0.15) is 34.7 Å². The van der Waals surface area contributed by atoms with Crippen molar-refractivity contribution in [1.82, 2.24) is 20.1 Å². The van der Waals surface area contributed by atoms with Crippen LogP contribution >= 0.6 is 11.8 Å². The Kier molecular flexibility index (Phi) is 8.42. The molecule has 188 valence electrons. The zero-order chi connectivity index (χ0) is 26.2. The smallest absolute Gasteiger partial charge is 0.251 e. The van der Waals surface area contributed by atoms with Gasteiger partial charge >= 0.3 is 0 Å². The summed E-state index contributed by atoms with van der Waals surface area (Å²) in [4.78, 5) is 25.0.